The molecular formula is C13H17FO3. The zero-order valence-electron chi connectivity index (χ0n) is 10.2. The summed E-state index contributed by atoms with van der Waals surface area (Å²) in [5, 5.41) is 8.68. The van der Waals surface area contributed by atoms with Gasteiger partial charge in [-0.1, -0.05) is 19.9 Å². The third-order valence-electron chi connectivity index (χ3n) is 2.72. The van der Waals surface area contributed by atoms with Gasteiger partial charge in [0.1, 0.15) is 5.82 Å². The molecule has 0 bridgehead atoms. The molecule has 0 spiro atoms. The number of carboxylic acid groups (broad SMARTS) is 1. The van der Waals surface area contributed by atoms with E-state index in [9.17, 15) is 9.18 Å². The van der Waals surface area contributed by atoms with Gasteiger partial charge in [0, 0.05) is 0 Å². The zero-order valence-corrected chi connectivity index (χ0v) is 10.2. The van der Waals surface area contributed by atoms with Crippen molar-refractivity contribution < 1.29 is 19.0 Å². The first-order chi connectivity index (χ1) is 7.91. The highest BCUT2D eigenvalue weighted by atomic mass is 19.1. The average Bonchev–Trinajstić information content (AvgIpc) is 2.25. The summed E-state index contributed by atoms with van der Waals surface area (Å²) in [5.41, 5.74) is 0.325. The number of carboxylic acids is 1. The lowest BCUT2D eigenvalue weighted by Crippen LogP contribution is -2.15. The van der Waals surface area contributed by atoms with Crippen molar-refractivity contribution in [3.63, 3.8) is 0 Å². The maximum atomic E-state index is 13.3. The van der Waals surface area contributed by atoms with Crippen molar-refractivity contribution in [2.24, 2.45) is 5.92 Å². The van der Waals surface area contributed by atoms with Crippen LogP contribution in [0.3, 0.4) is 0 Å². The Labute approximate surface area is 100 Å². The lowest BCUT2D eigenvalue weighted by atomic mass is 10.1. The fourth-order valence-electron chi connectivity index (χ4n) is 1.24. The number of benzene rings is 1. The third kappa shape index (κ3) is 3.82. The highest BCUT2D eigenvalue weighted by Crippen LogP contribution is 2.14. The molecule has 0 radical (unpaired) electrons. The van der Waals surface area contributed by atoms with Crippen LogP contribution in [0, 0.1) is 11.7 Å². The summed E-state index contributed by atoms with van der Waals surface area (Å²) < 4.78 is 18.9. The van der Waals surface area contributed by atoms with Crippen molar-refractivity contribution in [1.29, 1.82) is 0 Å². The number of carbonyl (C=O) groups is 1. The van der Waals surface area contributed by atoms with Gasteiger partial charge >= 0.3 is 5.97 Å². The van der Waals surface area contributed by atoms with Gasteiger partial charge in [-0.3, -0.25) is 0 Å². The van der Waals surface area contributed by atoms with Gasteiger partial charge in [-0.05, 0) is 30.5 Å². The summed E-state index contributed by atoms with van der Waals surface area (Å²) in [6.07, 6.45) is 0.0808. The number of aromatic carboxylic acids is 1. The van der Waals surface area contributed by atoms with E-state index in [4.69, 9.17) is 9.84 Å². The number of hydrogen-bond acceptors (Lipinski definition) is 2. The number of rotatable bonds is 5. The monoisotopic (exact) mass is 240 g/mol. The minimum absolute atomic E-state index is 0.0808. The smallest absolute Gasteiger partial charge is 0.338 e. The topological polar surface area (TPSA) is 46.5 Å². The highest BCUT2D eigenvalue weighted by Gasteiger charge is 2.12. The van der Waals surface area contributed by atoms with E-state index in [0.717, 1.165) is 0 Å². The molecule has 0 saturated carbocycles. The van der Waals surface area contributed by atoms with Crippen molar-refractivity contribution in [1.82, 2.24) is 0 Å². The van der Waals surface area contributed by atoms with E-state index >= 15 is 0 Å². The van der Waals surface area contributed by atoms with Crippen LogP contribution in [0.25, 0.3) is 0 Å². The van der Waals surface area contributed by atoms with Crippen molar-refractivity contribution >= 4 is 5.97 Å². The predicted octanol–water partition coefficient (Wildman–Crippen LogP) is 3.09. The van der Waals surface area contributed by atoms with Crippen molar-refractivity contribution in [2.45, 2.75) is 33.5 Å². The molecule has 0 aliphatic heterocycles. The number of hydrogen-bond donors (Lipinski definition) is 1. The Hall–Kier alpha value is -1.42. The molecule has 1 N–H and O–H groups in total. The lowest BCUT2D eigenvalue weighted by molar-refractivity contribution is 0.0233. The van der Waals surface area contributed by atoms with E-state index in [0.29, 0.717) is 11.5 Å². The molecular weight excluding hydrogens is 223 g/mol. The van der Waals surface area contributed by atoms with E-state index in [1.807, 2.05) is 20.8 Å². The molecule has 3 nitrogen and oxygen atoms in total. The fraction of sp³-hybridized carbons (Fsp3) is 0.462. The van der Waals surface area contributed by atoms with Gasteiger partial charge in [0.05, 0.1) is 18.3 Å². The van der Waals surface area contributed by atoms with Gasteiger partial charge in [0.15, 0.2) is 0 Å². The summed E-state index contributed by atoms with van der Waals surface area (Å²) in [5.74, 6) is -1.60. The van der Waals surface area contributed by atoms with E-state index < -0.39 is 11.8 Å². The second kappa shape index (κ2) is 5.77. The van der Waals surface area contributed by atoms with Crippen LogP contribution < -0.4 is 0 Å². The standard InChI is InChI=1S/C13H17FO3/c1-8(2)9(3)17-7-10-4-5-11(13(15)16)12(14)6-10/h4-6,8-9H,7H2,1-3H3,(H,15,16). The zero-order chi connectivity index (χ0) is 13.0. The average molecular weight is 240 g/mol. The molecule has 4 heteroatoms. The van der Waals surface area contributed by atoms with E-state index in [1.165, 1.54) is 12.1 Å². The first-order valence-electron chi connectivity index (χ1n) is 5.55. The second-order valence-electron chi connectivity index (χ2n) is 4.38. The van der Waals surface area contributed by atoms with Crippen LogP contribution in [0.4, 0.5) is 4.39 Å². The quantitative estimate of drug-likeness (QED) is 0.860. The molecule has 0 saturated heterocycles. The lowest BCUT2D eigenvalue weighted by Gasteiger charge is -2.16. The summed E-state index contributed by atoms with van der Waals surface area (Å²) >= 11 is 0. The van der Waals surface area contributed by atoms with Gasteiger partial charge in [-0.15, -0.1) is 0 Å². The number of halogens is 1. The van der Waals surface area contributed by atoms with Crippen LogP contribution in [-0.2, 0) is 11.3 Å². The molecule has 0 heterocycles. The molecule has 1 aromatic carbocycles. The minimum atomic E-state index is -1.26. The van der Waals surface area contributed by atoms with Crippen LogP contribution >= 0.6 is 0 Å². The van der Waals surface area contributed by atoms with Gasteiger partial charge in [-0.25, -0.2) is 9.18 Å². The minimum Gasteiger partial charge on any atom is -0.478 e. The van der Waals surface area contributed by atoms with Crippen LogP contribution in [-0.4, -0.2) is 17.2 Å². The van der Waals surface area contributed by atoms with E-state index in [-0.39, 0.29) is 18.3 Å². The Kier molecular flexibility index (Phi) is 4.63. The Balaban J connectivity index is 2.68. The van der Waals surface area contributed by atoms with Crippen LogP contribution in [0.2, 0.25) is 0 Å². The molecule has 0 aliphatic rings. The Morgan fingerprint density at radius 1 is 1.41 bits per heavy atom. The van der Waals surface area contributed by atoms with E-state index in [2.05, 4.69) is 0 Å². The van der Waals surface area contributed by atoms with Gasteiger partial charge in [0.25, 0.3) is 0 Å². The highest BCUT2D eigenvalue weighted by molar-refractivity contribution is 5.87. The largest absolute Gasteiger partial charge is 0.478 e. The molecule has 0 fully saturated rings. The van der Waals surface area contributed by atoms with Crippen LogP contribution in [0.1, 0.15) is 36.7 Å². The first-order valence-corrected chi connectivity index (χ1v) is 5.55. The van der Waals surface area contributed by atoms with Crippen molar-refractivity contribution in [3.05, 3.63) is 35.1 Å². The SMILES string of the molecule is CC(C)C(C)OCc1ccc(C(=O)O)c(F)c1. The maximum absolute atomic E-state index is 13.3. The summed E-state index contributed by atoms with van der Waals surface area (Å²) in [6.45, 7) is 6.32. The molecule has 1 atom stereocenters. The normalized spacial score (nSPS) is 12.8. The van der Waals surface area contributed by atoms with Gasteiger partial charge in [-0.2, -0.15) is 0 Å². The second-order valence-corrected chi connectivity index (χ2v) is 4.38. The molecule has 0 aliphatic carbocycles. The molecule has 1 rings (SSSR count). The molecule has 1 unspecified atom stereocenters. The summed E-state index contributed by atoms with van der Waals surface area (Å²) in [6, 6.07) is 4.03. The third-order valence-corrected chi connectivity index (χ3v) is 2.72. The van der Waals surface area contributed by atoms with Crippen molar-refractivity contribution in [2.75, 3.05) is 0 Å². The van der Waals surface area contributed by atoms with Crippen LogP contribution in [0.5, 0.6) is 0 Å². The fourth-order valence-corrected chi connectivity index (χ4v) is 1.24. The Bertz CT molecular complexity index is 402. The maximum Gasteiger partial charge on any atom is 0.338 e. The molecule has 0 amide bonds. The van der Waals surface area contributed by atoms with Gasteiger partial charge in [0.2, 0.25) is 0 Å². The Morgan fingerprint density at radius 2 is 2.06 bits per heavy atom. The Morgan fingerprint density at radius 3 is 2.53 bits per heavy atom. The number of ether oxygens (including phenoxy) is 1. The first kappa shape index (κ1) is 13.6. The molecule has 1 aromatic rings. The summed E-state index contributed by atoms with van der Waals surface area (Å²) in [7, 11) is 0. The molecule has 17 heavy (non-hydrogen) atoms. The van der Waals surface area contributed by atoms with Crippen LogP contribution in [0.15, 0.2) is 18.2 Å². The summed E-state index contributed by atoms with van der Waals surface area (Å²) in [4.78, 5) is 10.6. The van der Waals surface area contributed by atoms with Crippen molar-refractivity contribution in [3.8, 4) is 0 Å². The van der Waals surface area contributed by atoms with Gasteiger partial charge < -0.3 is 9.84 Å². The van der Waals surface area contributed by atoms with E-state index in [1.54, 1.807) is 6.07 Å². The molecule has 94 valence electrons. The predicted molar refractivity (Wildman–Crippen MR) is 62.4 cm³/mol. The molecule has 0 aromatic heterocycles.